The minimum absolute atomic E-state index is 0.419. The first-order valence-corrected chi connectivity index (χ1v) is 6.52. The van der Waals surface area contributed by atoms with E-state index in [0.717, 1.165) is 24.1 Å². The van der Waals surface area contributed by atoms with E-state index in [4.69, 9.17) is 16.3 Å². The molecule has 0 saturated carbocycles. The molecule has 0 bridgehead atoms. The Bertz CT molecular complexity index is 405. The Morgan fingerprint density at radius 2 is 2.28 bits per heavy atom. The van der Waals surface area contributed by atoms with Gasteiger partial charge in [-0.2, -0.15) is 0 Å². The van der Waals surface area contributed by atoms with Crippen molar-refractivity contribution in [1.82, 2.24) is 10.3 Å². The Labute approximate surface area is 114 Å². The maximum Gasteiger partial charge on any atom is 0.213 e. The number of halogens is 1. The summed E-state index contributed by atoms with van der Waals surface area (Å²) in [6, 6.07) is 2.30. The summed E-state index contributed by atoms with van der Waals surface area (Å²) in [7, 11) is 0. The summed E-state index contributed by atoms with van der Waals surface area (Å²) in [6.45, 7) is 11.3. The molecule has 0 amide bonds. The van der Waals surface area contributed by atoms with Gasteiger partial charge in [0.1, 0.15) is 0 Å². The Balaban J connectivity index is 2.59. The fourth-order valence-corrected chi connectivity index (χ4v) is 1.49. The lowest BCUT2D eigenvalue weighted by molar-refractivity contribution is 0.309. The zero-order valence-electron chi connectivity index (χ0n) is 11.3. The molecule has 3 nitrogen and oxygen atoms in total. The monoisotopic (exact) mass is 268 g/mol. The first-order valence-electron chi connectivity index (χ1n) is 6.14. The van der Waals surface area contributed by atoms with E-state index in [1.54, 1.807) is 6.20 Å². The number of rotatable bonds is 7. The Morgan fingerprint density at radius 1 is 1.56 bits per heavy atom. The average molecular weight is 269 g/mol. The number of hydrogen-bond acceptors (Lipinski definition) is 3. The van der Waals surface area contributed by atoms with Crippen molar-refractivity contribution >= 4 is 11.6 Å². The second-order valence-electron chi connectivity index (χ2n) is 4.71. The molecule has 0 aliphatic carbocycles. The highest BCUT2D eigenvalue weighted by Gasteiger charge is 2.05. The van der Waals surface area contributed by atoms with Crippen LogP contribution in [0.5, 0.6) is 5.88 Å². The van der Waals surface area contributed by atoms with Crippen LogP contribution in [0.1, 0.15) is 32.8 Å². The van der Waals surface area contributed by atoms with Crippen LogP contribution in [0.15, 0.2) is 24.4 Å². The van der Waals surface area contributed by atoms with Crippen molar-refractivity contribution in [3.8, 4) is 5.88 Å². The summed E-state index contributed by atoms with van der Waals surface area (Å²) in [5.41, 5.74) is 2.11. The predicted molar refractivity (Wildman–Crippen MR) is 76.1 cm³/mol. The van der Waals surface area contributed by atoms with Crippen LogP contribution in [-0.4, -0.2) is 17.6 Å². The van der Waals surface area contributed by atoms with Crippen molar-refractivity contribution in [1.29, 1.82) is 0 Å². The van der Waals surface area contributed by atoms with Crippen LogP contribution in [0.4, 0.5) is 0 Å². The van der Waals surface area contributed by atoms with Crippen molar-refractivity contribution in [2.45, 2.75) is 39.8 Å². The third-order valence-electron chi connectivity index (χ3n) is 2.39. The summed E-state index contributed by atoms with van der Waals surface area (Å²) in [5.74, 6) is 0.612. The van der Waals surface area contributed by atoms with Gasteiger partial charge in [0, 0.05) is 31.3 Å². The predicted octanol–water partition coefficient (Wildman–Crippen LogP) is 3.58. The third kappa shape index (κ3) is 5.52. The topological polar surface area (TPSA) is 34.1 Å². The lowest BCUT2D eigenvalue weighted by Gasteiger charge is -2.11. The highest BCUT2D eigenvalue weighted by Crippen LogP contribution is 2.19. The standard InChI is InChI=1S/C14H21ClN2O/c1-10(2)5-6-18-14-7-12(8-16-11(3)4)13(15)9-17-14/h7,9,11,16H,1,5-6,8H2,2-4H3. The van der Waals surface area contributed by atoms with Crippen molar-refractivity contribution in [2.24, 2.45) is 0 Å². The normalized spacial score (nSPS) is 10.7. The summed E-state index contributed by atoms with van der Waals surface area (Å²) in [4.78, 5) is 4.15. The van der Waals surface area contributed by atoms with E-state index in [9.17, 15) is 0 Å². The number of nitrogens with one attached hydrogen (secondary N) is 1. The first-order chi connectivity index (χ1) is 8.49. The largest absolute Gasteiger partial charge is 0.477 e. The average Bonchev–Trinajstić information content (AvgIpc) is 2.29. The van der Waals surface area contributed by atoms with E-state index in [-0.39, 0.29) is 0 Å². The van der Waals surface area contributed by atoms with Gasteiger partial charge < -0.3 is 10.1 Å². The van der Waals surface area contributed by atoms with Gasteiger partial charge in [0.25, 0.3) is 0 Å². The molecule has 1 N–H and O–H groups in total. The number of aromatic nitrogens is 1. The van der Waals surface area contributed by atoms with E-state index in [2.05, 4.69) is 30.7 Å². The quantitative estimate of drug-likeness (QED) is 0.768. The van der Waals surface area contributed by atoms with Gasteiger partial charge >= 0.3 is 0 Å². The second kappa shape index (κ2) is 7.39. The van der Waals surface area contributed by atoms with E-state index >= 15 is 0 Å². The minimum atomic E-state index is 0.419. The zero-order valence-corrected chi connectivity index (χ0v) is 12.0. The summed E-state index contributed by atoms with van der Waals surface area (Å²) in [6.07, 6.45) is 2.47. The van der Waals surface area contributed by atoms with Gasteiger partial charge in [-0.15, -0.1) is 6.58 Å². The van der Waals surface area contributed by atoms with Crippen LogP contribution in [0.3, 0.4) is 0 Å². The van der Waals surface area contributed by atoms with E-state index in [0.29, 0.717) is 23.6 Å². The van der Waals surface area contributed by atoms with Crippen molar-refractivity contribution in [3.05, 3.63) is 35.0 Å². The smallest absolute Gasteiger partial charge is 0.213 e. The molecule has 18 heavy (non-hydrogen) atoms. The lowest BCUT2D eigenvalue weighted by atomic mass is 10.2. The number of pyridine rings is 1. The van der Waals surface area contributed by atoms with Crippen LogP contribution in [0.2, 0.25) is 5.02 Å². The molecule has 0 aromatic carbocycles. The highest BCUT2D eigenvalue weighted by atomic mass is 35.5. The van der Waals surface area contributed by atoms with Gasteiger partial charge in [0.05, 0.1) is 11.6 Å². The van der Waals surface area contributed by atoms with Crippen LogP contribution in [0.25, 0.3) is 0 Å². The molecule has 0 spiro atoms. The molecule has 0 aliphatic rings. The summed E-state index contributed by atoms with van der Waals surface area (Å²) in [5, 5.41) is 3.98. The first kappa shape index (κ1) is 15.0. The summed E-state index contributed by atoms with van der Waals surface area (Å²) < 4.78 is 5.56. The van der Waals surface area contributed by atoms with Gasteiger partial charge in [-0.25, -0.2) is 4.98 Å². The molecule has 0 unspecified atom stereocenters. The Kier molecular flexibility index (Phi) is 6.16. The molecular formula is C14H21ClN2O. The molecule has 0 fully saturated rings. The summed E-state index contributed by atoms with van der Waals surface area (Å²) >= 11 is 6.09. The number of nitrogens with zero attached hydrogens (tertiary/aromatic N) is 1. The lowest BCUT2D eigenvalue weighted by Crippen LogP contribution is -2.22. The molecule has 0 atom stereocenters. The molecule has 0 aliphatic heterocycles. The molecule has 1 rings (SSSR count). The highest BCUT2D eigenvalue weighted by molar-refractivity contribution is 6.31. The van der Waals surface area contributed by atoms with Crippen LogP contribution in [-0.2, 0) is 6.54 Å². The van der Waals surface area contributed by atoms with Crippen molar-refractivity contribution in [2.75, 3.05) is 6.61 Å². The number of hydrogen-bond donors (Lipinski definition) is 1. The van der Waals surface area contributed by atoms with Gasteiger partial charge in [-0.3, -0.25) is 0 Å². The van der Waals surface area contributed by atoms with Gasteiger partial charge in [-0.1, -0.05) is 31.0 Å². The number of ether oxygens (including phenoxy) is 1. The van der Waals surface area contributed by atoms with Crippen molar-refractivity contribution < 1.29 is 4.74 Å². The van der Waals surface area contributed by atoms with E-state index < -0.39 is 0 Å². The zero-order chi connectivity index (χ0) is 13.5. The maximum atomic E-state index is 6.09. The van der Waals surface area contributed by atoms with Gasteiger partial charge in [-0.05, 0) is 12.5 Å². The van der Waals surface area contributed by atoms with Crippen LogP contribution >= 0.6 is 11.6 Å². The molecule has 100 valence electrons. The van der Waals surface area contributed by atoms with Gasteiger partial charge in [0.15, 0.2) is 0 Å². The molecule has 0 saturated heterocycles. The molecular weight excluding hydrogens is 248 g/mol. The SMILES string of the molecule is C=C(C)CCOc1cc(CNC(C)C)c(Cl)cn1. The Hall–Kier alpha value is -1.06. The van der Waals surface area contributed by atoms with Gasteiger partial charge in [0.2, 0.25) is 5.88 Å². The second-order valence-corrected chi connectivity index (χ2v) is 5.11. The molecule has 1 heterocycles. The third-order valence-corrected chi connectivity index (χ3v) is 2.73. The van der Waals surface area contributed by atoms with E-state index in [1.807, 2.05) is 13.0 Å². The molecule has 0 radical (unpaired) electrons. The fourth-order valence-electron chi connectivity index (χ4n) is 1.32. The fraction of sp³-hybridized carbons (Fsp3) is 0.500. The molecule has 1 aromatic heterocycles. The van der Waals surface area contributed by atoms with Crippen molar-refractivity contribution in [3.63, 3.8) is 0 Å². The Morgan fingerprint density at radius 3 is 2.89 bits per heavy atom. The van der Waals surface area contributed by atoms with E-state index in [1.165, 1.54) is 0 Å². The molecule has 4 heteroatoms. The molecule has 1 aromatic rings. The maximum absolute atomic E-state index is 6.09. The van der Waals surface area contributed by atoms with Crippen LogP contribution in [0, 0.1) is 0 Å². The van der Waals surface area contributed by atoms with Crippen LogP contribution < -0.4 is 10.1 Å². The minimum Gasteiger partial charge on any atom is -0.477 e.